The van der Waals surface area contributed by atoms with Crippen molar-refractivity contribution in [1.29, 1.82) is 0 Å². The number of pyridine rings is 1. The predicted molar refractivity (Wildman–Crippen MR) is 64.0 cm³/mol. The van der Waals surface area contributed by atoms with Gasteiger partial charge in [0.2, 0.25) is 5.88 Å². The van der Waals surface area contributed by atoms with E-state index in [-0.39, 0.29) is 17.4 Å². The van der Waals surface area contributed by atoms with Crippen LogP contribution in [0, 0.1) is 0 Å². The Morgan fingerprint density at radius 3 is 2.60 bits per heavy atom. The summed E-state index contributed by atoms with van der Waals surface area (Å²) in [6.07, 6.45) is 0.147. The number of carboxylic acids is 1. The SMILES string of the molecule is O=C(O)c1cnc(OCC(F)(F)F)c(C2CCCC2)c1. The zero-order valence-electron chi connectivity index (χ0n) is 10.6. The van der Waals surface area contributed by atoms with Crippen molar-refractivity contribution >= 4 is 5.97 Å². The topological polar surface area (TPSA) is 59.4 Å². The molecule has 1 aromatic heterocycles. The molecule has 1 N–H and O–H groups in total. The number of ether oxygens (including phenoxy) is 1. The number of hydrogen-bond donors (Lipinski definition) is 1. The van der Waals surface area contributed by atoms with Crippen LogP contribution in [0.15, 0.2) is 12.3 Å². The highest BCUT2D eigenvalue weighted by atomic mass is 19.4. The zero-order valence-corrected chi connectivity index (χ0v) is 10.6. The molecule has 7 heteroatoms. The average molecular weight is 289 g/mol. The van der Waals surface area contributed by atoms with E-state index in [9.17, 15) is 18.0 Å². The molecule has 20 heavy (non-hydrogen) atoms. The maximum atomic E-state index is 12.2. The van der Waals surface area contributed by atoms with Crippen molar-refractivity contribution in [2.75, 3.05) is 6.61 Å². The highest BCUT2D eigenvalue weighted by molar-refractivity contribution is 5.87. The highest BCUT2D eigenvalue weighted by Crippen LogP contribution is 2.38. The molecule has 0 radical (unpaired) electrons. The number of nitrogens with zero attached hydrogens (tertiary/aromatic N) is 1. The highest BCUT2D eigenvalue weighted by Gasteiger charge is 2.30. The summed E-state index contributed by atoms with van der Waals surface area (Å²) in [5, 5.41) is 8.94. The van der Waals surface area contributed by atoms with Crippen molar-refractivity contribution in [2.24, 2.45) is 0 Å². The molecule has 0 aromatic carbocycles. The lowest BCUT2D eigenvalue weighted by molar-refractivity contribution is -0.154. The van der Waals surface area contributed by atoms with Crippen molar-refractivity contribution in [3.63, 3.8) is 0 Å². The quantitative estimate of drug-likeness (QED) is 0.923. The van der Waals surface area contributed by atoms with E-state index >= 15 is 0 Å². The lowest BCUT2D eigenvalue weighted by Gasteiger charge is -2.16. The molecular formula is C13H14F3NO3. The summed E-state index contributed by atoms with van der Waals surface area (Å²) in [5.41, 5.74) is 0.429. The molecule has 1 aliphatic carbocycles. The second-order valence-corrected chi connectivity index (χ2v) is 4.81. The first-order valence-electron chi connectivity index (χ1n) is 6.29. The van der Waals surface area contributed by atoms with E-state index in [4.69, 9.17) is 9.84 Å². The molecule has 4 nitrogen and oxygen atoms in total. The van der Waals surface area contributed by atoms with Gasteiger partial charge >= 0.3 is 12.1 Å². The molecule has 1 heterocycles. The number of carbonyl (C=O) groups is 1. The number of halogens is 3. The molecule has 0 atom stereocenters. The minimum Gasteiger partial charge on any atom is -0.478 e. The predicted octanol–water partition coefficient (Wildman–Crippen LogP) is 3.38. The van der Waals surface area contributed by atoms with Gasteiger partial charge in [-0.2, -0.15) is 13.2 Å². The van der Waals surface area contributed by atoms with Crippen molar-refractivity contribution < 1.29 is 27.8 Å². The average Bonchev–Trinajstić information content (AvgIpc) is 2.88. The Hall–Kier alpha value is -1.79. The first kappa shape index (κ1) is 14.6. The Bertz CT molecular complexity index is 496. The third kappa shape index (κ3) is 3.61. The van der Waals surface area contributed by atoms with Crippen LogP contribution in [0.4, 0.5) is 13.2 Å². The molecule has 1 saturated carbocycles. The molecule has 110 valence electrons. The van der Waals surface area contributed by atoms with Gasteiger partial charge in [-0.15, -0.1) is 0 Å². The number of aromatic carboxylic acids is 1. The van der Waals surface area contributed by atoms with Crippen LogP contribution in [0.2, 0.25) is 0 Å². The zero-order chi connectivity index (χ0) is 14.8. The third-order valence-corrected chi connectivity index (χ3v) is 3.29. The van der Waals surface area contributed by atoms with Crippen molar-refractivity contribution in [3.8, 4) is 5.88 Å². The van der Waals surface area contributed by atoms with E-state index < -0.39 is 18.8 Å². The van der Waals surface area contributed by atoms with Crippen LogP contribution >= 0.6 is 0 Å². The van der Waals surface area contributed by atoms with E-state index in [1.54, 1.807) is 0 Å². The normalized spacial score (nSPS) is 16.4. The summed E-state index contributed by atoms with van der Waals surface area (Å²) in [4.78, 5) is 14.7. The van der Waals surface area contributed by atoms with Crippen LogP contribution in [0.5, 0.6) is 5.88 Å². The second-order valence-electron chi connectivity index (χ2n) is 4.81. The molecule has 2 rings (SSSR count). The minimum atomic E-state index is -4.44. The minimum absolute atomic E-state index is 0.0185. The van der Waals surface area contributed by atoms with E-state index in [2.05, 4.69) is 4.98 Å². The Labute approximate surface area is 113 Å². The van der Waals surface area contributed by atoms with Gasteiger partial charge in [-0.3, -0.25) is 0 Å². The molecule has 0 unspecified atom stereocenters. The van der Waals surface area contributed by atoms with Gasteiger partial charge < -0.3 is 9.84 Å². The molecule has 0 bridgehead atoms. The van der Waals surface area contributed by atoms with Crippen LogP contribution in [0.1, 0.15) is 47.5 Å². The number of carboxylic acid groups (broad SMARTS) is 1. The molecule has 0 aliphatic heterocycles. The molecule has 1 aliphatic rings. The Morgan fingerprint density at radius 2 is 2.05 bits per heavy atom. The lowest BCUT2D eigenvalue weighted by atomic mass is 9.97. The molecule has 0 saturated heterocycles. The monoisotopic (exact) mass is 289 g/mol. The summed E-state index contributed by atoms with van der Waals surface area (Å²) in [5.74, 6) is -1.25. The van der Waals surface area contributed by atoms with E-state index in [0.717, 1.165) is 31.9 Å². The Morgan fingerprint density at radius 1 is 1.40 bits per heavy atom. The fourth-order valence-corrected chi connectivity index (χ4v) is 2.39. The van der Waals surface area contributed by atoms with Gasteiger partial charge in [0.05, 0.1) is 5.56 Å². The van der Waals surface area contributed by atoms with E-state index in [1.165, 1.54) is 6.07 Å². The number of alkyl halides is 3. The van der Waals surface area contributed by atoms with Gasteiger partial charge in [-0.25, -0.2) is 9.78 Å². The number of rotatable bonds is 4. The fourth-order valence-electron chi connectivity index (χ4n) is 2.39. The molecule has 1 aromatic rings. The first-order valence-corrected chi connectivity index (χ1v) is 6.29. The second kappa shape index (κ2) is 5.68. The number of aromatic nitrogens is 1. The molecular weight excluding hydrogens is 275 g/mol. The van der Waals surface area contributed by atoms with Gasteiger partial charge in [0.15, 0.2) is 6.61 Å². The van der Waals surface area contributed by atoms with Crippen LogP contribution in [0.3, 0.4) is 0 Å². The standard InChI is InChI=1S/C13H14F3NO3/c14-13(15,16)7-20-11-10(8-3-1-2-4-8)5-9(6-17-11)12(18)19/h5-6,8H,1-4,7H2,(H,18,19). The van der Waals surface area contributed by atoms with Crippen LogP contribution in [-0.2, 0) is 0 Å². The Balaban J connectivity index is 2.27. The first-order chi connectivity index (χ1) is 9.37. The van der Waals surface area contributed by atoms with Crippen LogP contribution < -0.4 is 4.74 Å². The van der Waals surface area contributed by atoms with Gasteiger partial charge in [0, 0.05) is 11.8 Å². The molecule has 1 fully saturated rings. The summed E-state index contributed by atoms with van der Waals surface area (Å²) < 4.78 is 41.4. The largest absolute Gasteiger partial charge is 0.478 e. The maximum absolute atomic E-state index is 12.2. The van der Waals surface area contributed by atoms with Gasteiger partial charge in [0.1, 0.15) is 0 Å². The van der Waals surface area contributed by atoms with Gasteiger partial charge in [0.25, 0.3) is 0 Å². The summed E-state index contributed by atoms with van der Waals surface area (Å²) in [6.45, 7) is -1.42. The Kier molecular flexibility index (Phi) is 4.15. The summed E-state index contributed by atoms with van der Waals surface area (Å²) in [6, 6.07) is 1.37. The van der Waals surface area contributed by atoms with Crippen molar-refractivity contribution in [1.82, 2.24) is 4.98 Å². The maximum Gasteiger partial charge on any atom is 0.422 e. The third-order valence-electron chi connectivity index (χ3n) is 3.29. The smallest absolute Gasteiger partial charge is 0.422 e. The van der Waals surface area contributed by atoms with E-state index in [0.29, 0.717) is 5.56 Å². The van der Waals surface area contributed by atoms with Gasteiger partial charge in [-0.1, -0.05) is 12.8 Å². The van der Waals surface area contributed by atoms with Crippen LogP contribution in [-0.4, -0.2) is 28.8 Å². The van der Waals surface area contributed by atoms with Crippen molar-refractivity contribution in [2.45, 2.75) is 37.8 Å². The fraction of sp³-hybridized carbons (Fsp3) is 0.538. The molecule has 0 spiro atoms. The van der Waals surface area contributed by atoms with Gasteiger partial charge in [-0.05, 0) is 24.8 Å². The van der Waals surface area contributed by atoms with Crippen molar-refractivity contribution in [3.05, 3.63) is 23.4 Å². The van der Waals surface area contributed by atoms with Crippen LogP contribution in [0.25, 0.3) is 0 Å². The summed E-state index contributed by atoms with van der Waals surface area (Å²) >= 11 is 0. The lowest BCUT2D eigenvalue weighted by Crippen LogP contribution is -2.20. The molecule has 0 amide bonds. The number of hydrogen-bond acceptors (Lipinski definition) is 3. The summed E-state index contributed by atoms with van der Waals surface area (Å²) in [7, 11) is 0. The van der Waals surface area contributed by atoms with E-state index in [1.807, 2.05) is 0 Å².